The molecule has 0 saturated carbocycles. The molecule has 0 aliphatic carbocycles. The lowest BCUT2D eigenvalue weighted by molar-refractivity contribution is -0.158. The molecule has 0 aliphatic rings. The number of esters is 1. The van der Waals surface area contributed by atoms with Crippen molar-refractivity contribution in [3.63, 3.8) is 0 Å². The van der Waals surface area contributed by atoms with Crippen LogP contribution in [0, 0.1) is 0 Å². The minimum atomic E-state index is -1.63. The van der Waals surface area contributed by atoms with E-state index in [1.54, 1.807) is 18.2 Å². The first-order valence-electron chi connectivity index (χ1n) is 6.89. The van der Waals surface area contributed by atoms with Gasteiger partial charge >= 0.3 is 5.97 Å². The Morgan fingerprint density at radius 2 is 1.95 bits per heavy atom. The van der Waals surface area contributed by atoms with Crippen LogP contribution in [0.2, 0.25) is 0 Å². The number of benzene rings is 1. The van der Waals surface area contributed by atoms with Gasteiger partial charge in [0.1, 0.15) is 11.5 Å². The Bertz CT molecular complexity index is 473. The largest absolute Gasteiger partial charge is 0.494 e. The van der Waals surface area contributed by atoms with Crippen LogP contribution in [0.4, 0.5) is 5.69 Å². The minimum Gasteiger partial charge on any atom is -0.494 e. The number of anilines is 1. The molecule has 0 saturated heterocycles. The lowest BCUT2D eigenvalue weighted by Gasteiger charge is -2.22. The molecule has 0 aromatic heterocycles. The molecule has 0 heterocycles. The van der Waals surface area contributed by atoms with Gasteiger partial charge in [0, 0.05) is 6.07 Å². The van der Waals surface area contributed by atoms with Gasteiger partial charge in [-0.2, -0.15) is 0 Å². The summed E-state index contributed by atoms with van der Waals surface area (Å²) in [6, 6.07) is 5.35. The van der Waals surface area contributed by atoms with E-state index in [2.05, 4.69) is 10.1 Å². The van der Waals surface area contributed by atoms with Gasteiger partial charge in [0.25, 0.3) is 0 Å². The monoisotopic (exact) mass is 297 g/mol. The summed E-state index contributed by atoms with van der Waals surface area (Å²) in [5.41, 5.74) is -0.980. The van der Waals surface area contributed by atoms with E-state index in [-0.39, 0.29) is 6.54 Å². The number of methoxy groups -OCH3 is 1. The van der Waals surface area contributed by atoms with E-state index < -0.39 is 11.6 Å². The van der Waals surface area contributed by atoms with Crippen molar-refractivity contribution in [1.82, 2.24) is 0 Å². The van der Waals surface area contributed by atoms with E-state index >= 15 is 0 Å². The molecule has 6 heteroatoms. The highest BCUT2D eigenvalue weighted by Gasteiger charge is 2.31. The predicted molar refractivity (Wildman–Crippen MR) is 79.9 cm³/mol. The number of aliphatic hydroxyl groups is 1. The molecule has 0 amide bonds. The van der Waals surface area contributed by atoms with Gasteiger partial charge in [-0.15, -0.1) is 0 Å². The second kappa shape index (κ2) is 7.73. The third-order valence-corrected chi connectivity index (χ3v) is 2.81. The fraction of sp³-hybridized carbons (Fsp3) is 0.533. The minimum absolute atomic E-state index is 0.00464. The van der Waals surface area contributed by atoms with Crippen molar-refractivity contribution in [2.75, 3.05) is 32.2 Å². The molecule has 0 aliphatic heterocycles. The van der Waals surface area contributed by atoms with E-state index in [0.717, 1.165) is 0 Å². The SMILES string of the molecule is CCOc1ccc(OCC)c(NCC(C)(O)C(=O)OC)c1. The quantitative estimate of drug-likeness (QED) is 0.713. The number of hydrogen-bond donors (Lipinski definition) is 2. The first-order chi connectivity index (χ1) is 9.94. The van der Waals surface area contributed by atoms with E-state index in [1.807, 2.05) is 13.8 Å². The highest BCUT2D eigenvalue weighted by atomic mass is 16.5. The van der Waals surface area contributed by atoms with Crippen molar-refractivity contribution >= 4 is 11.7 Å². The van der Waals surface area contributed by atoms with Gasteiger partial charge in [0.2, 0.25) is 0 Å². The molecule has 1 atom stereocenters. The summed E-state index contributed by atoms with van der Waals surface area (Å²) >= 11 is 0. The lowest BCUT2D eigenvalue weighted by atomic mass is 10.1. The van der Waals surface area contributed by atoms with Crippen LogP contribution in [0.15, 0.2) is 18.2 Å². The van der Waals surface area contributed by atoms with Crippen molar-refractivity contribution in [3.8, 4) is 11.5 Å². The Hall–Kier alpha value is -1.95. The number of rotatable bonds is 8. The number of hydrogen-bond acceptors (Lipinski definition) is 6. The molecule has 1 rings (SSSR count). The summed E-state index contributed by atoms with van der Waals surface area (Å²) < 4.78 is 15.5. The van der Waals surface area contributed by atoms with Gasteiger partial charge in [-0.3, -0.25) is 0 Å². The molecule has 0 bridgehead atoms. The topological polar surface area (TPSA) is 77.0 Å². The third kappa shape index (κ3) is 4.82. The summed E-state index contributed by atoms with van der Waals surface area (Å²) in [5.74, 6) is 0.608. The Labute approximate surface area is 125 Å². The van der Waals surface area contributed by atoms with Gasteiger partial charge in [0.05, 0.1) is 32.6 Å². The number of carbonyl (C=O) groups excluding carboxylic acids is 1. The van der Waals surface area contributed by atoms with Crippen LogP contribution in [0.25, 0.3) is 0 Å². The van der Waals surface area contributed by atoms with Crippen molar-refractivity contribution in [2.45, 2.75) is 26.4 Å². The highest BCUT2D eigenvalue weighted by Crippen LogP contribution is 2.30. The maximum Gasteiger partial charge on any atom is 0.339 e. The van der Waals surface area contributed by atoms with Crippen LogP contribution in [-0.4, -0.2) is 43.5 Å². The Balaban J connectivity index is 2.88. The van der Waals surface area contributed by atoms with E-state index in [9.17, 15) is 9.90 Å². The number of ether oxygens (including phenoxy) is 3. The van der Waals surface area contributed by atoms with Crippen LogP contribution < -0.4 is 14.8 Å². The van der Waals surface area contributed by atoms with E-state index in [4.69, 9.17) is 9.47 Å². The smallest absolute Gasteiger partial charge is 0.339 e. The molecule has 0 radical (unpaired) electrons. The van der Waals surface area contributed by atoms with Crippen LogP contribution >= 0.6 is 0 Å². The zero-order valence-corrected chi connectivity index (χ0v) is 12.9. The highest BCUT2D eigenvalue weighted by molar-refractivity contribution is 5.79. The molecule has 2 N–H and O–H groups in total. The van der Waals surface area contributed by atoms with Crippen LogP contribution in [0.3, 0.4) is 0 Å². The molecule has 0 spiro atoms. The van der Waals surface area contributed by atoms with Gasteiger partial charge in [-0.05, 0) is 32.9 Å². The molecular formula is C15H23NO5. The standard InChI is InChI=1S/C15H23NO5/c1-5-20-11-7-8-13(21-6-2)12(9-11)16-10-15(3,18)14(17)19-4/h7-9,16,18H,5-6,10H2,1-4H3. The normalized spacial score (nSPS) is 13.2. The average molecular weight is 297 g/mol. The van der Waals surface area contributed by atoms with Gasteiger partial charge in [-0.25, -0.2) is 4.79 Å². The zero-order chi connectivity index (χ0) is 15.9. The predicted octanol–water partition coefficient (Wildman–Crippen LogP) is 1.82. The average Bonchev–Trinajstić information content (AvgIpc) is 2.47. The molecule has 21 heavy (non-hydrogen) atoms. The fourth-order valence-electron chi connectivity index (χ4n) is 1.74. The maximum atomic E-state index is 11.5. The van der Waals surface area contributed by atoms with Crippen LogP contribution in [0.1, 0.15) is 20.8 Å². The van der Waals surface area contributed by atoms with Crippen molar-refractivity contribution < 1.29 is 24.1 Å². The maximum absolute atomic E-state index is 11.5. The number of carbonyl (C=O) groups is 1. The van der Waals surface area contributed by atoms with E-state index in [0.29, 0.717) is 30.4 Å². The molecule has 6 nitrogen and oxygen atoms in total. The van der Waals surface area contributed by atoms with Crippen molar-refractivity contribution in [3.05, 3.63) is 18.2 Å². The molecule has 1 unspecified atom stereocenters. The summed E-state index contributed by atoms with van der Waals surface area (Å²) in [6.45, 7) is 6.22. The Kier molecular flexibility index (Phi) is 6.30. The van der Waals surface area contributed by atoms with Crippen molar-refractivity contribution in [1.29, 1.82) is 0 Å². The van der Waals surface area contributed by atoms with Gasteiger partial charge in [-0.1, -0.05) is 0 Å². The van der Waals surface area contributed by atoms with Gasteiger partial charge in [0.15, 0.2) is 5.60 Å². The molecule has 1 aromatic rings. The lowest BCUT2D eigenvalue weighted by Crippen LogP contribution is -2.42. The molecule has 1 aromatic carbocycles. The summed E-state index contributed by atoms with van der Waals surface area (Å²) in [4.78, 5) is 11.5. The van der Waals surface area contributed by atoms with Crippen LogP contribution in [0.5, 0.6) is 11.5 Å². The summed E-state index contributed by atoms with van der Waals surface area (Å²) in [6.07, 6.45) is 0. The first kappa shape index (κ1) is 17.1. The third-order valence-electron chi connectivity index (χ3n) is 2.81. The second-order valence-electron chi connectivity index (χ2n) is 4.64. The van der Waals surface area contributed by atoms with Gasteiger partial charge < -0.3 is 24.6 Å². The zero-order valence-electron chi connectivity index (χ0n) is 12.9. The Morgan fingerprint density at radius 1 is 1.29 bits per heavy atom. The second-order valence-corrected chi connectivity index (χ2v) is 4.64. The molecule has 118 valence electrons. The van der Waals surface area contributed by atoms with Crippen molar-refractivity contribution in [2.24, 2.45) is 0 Å². The summed E-state index contributed by atoms with van der Waals surface area (Å²) in [7, 11) is 1.23. The number of nitrogens with one attached hydrogen (secondary N) is 1. The Morgan fingerprint density at radius 3 is 2.52 bits per heavy atom. The molecule has 0 fully saturated rings. The summed E-state index contributed by atoms with van der Waals surface area (Å²) in [5, 5.41) is 13.0. The fourth-order valence-corrected chi connectivity index (χ4v) is 1.74. The van der Waals surface area contributed by atoms with Crippen LogP contribution in [-0.2, 0) is 9.53 Å². The molecular weight excluding hydrogens is 274 g/mol. The first-order valence-corrected chi connectivity index (χ1v) is 6.89. The van der Waals surface area contributed by atoms with E-state index in [1.165, 1.54) is 14.0 Å².